The lowest BCUT2D eigenvalue weighted by Crippen LogP contribution is -2.15. The fourth-order valence-electron chi connectivity index (χ4n) is 2.45. The Hall–Kier alpha value is -3.74. The molecule has 136 valence electrons. The SMILES string of the molecule is O=C(Cc1cccc([N+](=O)[O-])c1)Nc1cc(Oc2ccccc2)ccc1F. The molecule has 1 amide bonds. The summed E-state index contributed by atoms with van der Waals surface area (Å²) in [4.78, 5) is 22.5. The van der Waals surface area contributed by atoms with Gasteiger partial charge >= 0.3 is 0 Å². The van der Waals surface area contributed by atoms with Gasteiger partial charge in [0.15, 0.2) is 0 Å². The van der Waals surface area contributed by atoms with E-state index < -0.39 is 16.6 Å². The third-order valence-corrected chi connectivity index (χ3v) is 3.68. The lowest BCUT2D eigenvalue weighted by Gasteiger charge is -2.10. The quantitative estimate of drug-likeness (QED) is 0.506. The Morgan fingerprint density at radius 3 is 2.52 bits per heavy atom. The molecule has 0 aliphatic heterocycles. The van der Waals surface area contributed by atoms with E-state index in [1.54, 1.807) is 30.3 Å². The van der Waals surface area contributed by atoms with E-state index in [0.717, 1.165) is 0 Å². The van der Waals surface area contributed by atoms with E-state index in [1.807, 2.05) is 6.07 Å². The van der Waals surface area contributed by atoms with Crippen molar-refractivity contribution in [3.8, 4) is 11.5 Å². The van der Waals surface area contributed by atoms with Gasteiger partial charge in [-0.3, -0.25) is 14.9 Å². The summed E-state index contributed by atoms with van der Waals surface area (Å²) in [7, 11) is 0. The molecule has 0 radical (unpaired) electrons. The van der Waals surface area contributed by atoms with Crippen LogP contribution in [0.25, 0.3) is 0 Å². The molecule has 3 aromatic rings. The van der Waals surface area contributed by atoms with E-state index in [9.17, 15) is 19.3 Å². The maximum Gasteiger partial charge on any atom is 0.269 e. The van der Waals surface area contributed by atoms with E-state index in [-0.39, 0.29) is 17.8 Å². The summed E-state index contributed by atoms with van der Waals surface area (Å²) in [6, 6.07) is 18.7. The van der Waals surface area contributed by atoms with Crippen LogP contribution < -0.4 is 10.1 Å². The van der Waals surface area contributed by atoms with Gasteiger partial charge in [0.1, 0.15) is 17.3 Å². The molecule has 0 aliphatic rings. The van der Waals surface area contributed by atoms with Crippen LogP contribution in [0.15, 0.2) is 72.8 Å². The molecular weight excluding hydrogens is 351 g/mol. The molecule has 0 atom stereocenters. The predicted octanol–water partition coefficient (Wildman–Crippen LogP) is 4.71. The average molecular weight is 366 g/mol. The zero-order valence-electron chi connectivity index (χ0n) is 14.1. The van der Waals surface area contributed by atoms with Crippen LogP contribution in [-0.4, -0.2) is 10.8 Å². The Labute approximate surface area is 154 Å². The largest absolute Gasteiger partial charge is 0.457 e. The molecule has 0 saturated carbocycles. The fourth-order valence-corrected chi connectivity index (χ4v) is 2.45. The predicted molar refractivity (Wildman–Crippen MR) is 98.3 cm³/mol. The fraction of sp³-hybridized carbons (Fsp3) is 0.0500. The number of anilines is 1. The molecule has 0 heterocycles. The van der Waals surface area contributed by atoms with Crippen molar-refractivity contribution in [1.29, 1.82) is 0 Å². The lowest BCUT2D eigenvalue weighted by molar-refractivity contribution is -0.384. The van der Waals surface area contributed by atoms with Crippen LogP contribution in [0, 0.1) is 15.9 Å². The molecule has 0 saturated heterocycles. The van der Waals surface area contributed by atoms with Crippen LogP contribution in [0.2, 0.25) is 0 Å². The number of benzene rings is 3. The van der Waals surface area contributed by atoms with Gasteiger partial charge in [-0.05, 0) is 29.8 Å². The molecule has 1 N–H and O–H groups in total. The Kier molecular flexibility index (Phi) is 5.41. The second-order valence-electron chi connectivity index (χ2n) is 5.71. The minimum Gasteiger partial charge on any atom is -0.457 e. The molecular formula is C20H15FN2O4. The van der Waals surface area contributed by atoms with E-state index in [2.05, 4.69) is 5.32 Å². The standard InChI is InChI=1S/C20H15FN2O4/c21-18-10-9-17(27-16-7-2-1-3-8-16)13-19(18)22-20(24)12-14-5-4-6-15(11-14)23(25)26/h1-11,13H,12H2,(H,22,24). The molecule has 27 heavy (non-hydrogen) atoms. The highest BCUT2D eigenvalue weighted by atomic mass is 19.1. The summed E-state index contributed by atoms with van der Waals surface area (Å²) in [5.74, 6) is -0.153. The van der Waals surface area contributed by atoms with Crippen LogP contribution in [-0.2, 0) is 11.2 Å². The van der Waals surface area contributed by atoms with Gasteiger partial charge in [0, 0.05) is 18.2 Å². The molecule has 0 fully saturated rings. The normalized spacial score (nSPS) is 10.3. The van der Waals surface area contributed by atoms with Gasteiger partial charge in [-0.2, -0.15) is 0 Å². The summed E-state index contributed by atoms with van der Waals surface area (Å²) in [5.41, 5.74) is 0.322. The van der Waals surface area contributed by atoms with Gasteiger partial charge < -0.3 is 10.1 Å². The van der Waals surface area contributed by atoms with Crippen LogP contribution in [0.5, 0.6) is 11.5 Å². The maximum absolute atomic E-state index is 14.0. The molecule has 0 spiro atoms. The van der Waals surface area contributed by atoms with Gasteiger partial charge in [0.25, 0.3) is 5.69 Å². The summed E-state index contributed by atoms with van der Waals surface area (Å²) >= 11 is 0. The smallest absolute Gasteiger partial charge is 0.269 e. The third-order valence-electron chi connectivity index (χ3n) is 3.68. The summed E-state index contributed by atoms with van der Waals surface area (Å²) in [5, 5.41) is 13.3. The number of ether oxygens (including phenoxy) is 1. The van der Waals surface area contributed by atoms with Crippen molar-refractivity contribution in [2.45, 2.75) is 6.42 Å². The Balaban J connectivity index is 1.71. The number of carbonyl (C=O) groups is 1. The number of hydrogen-bond acceptors (Lipinski definition) is 4. The number of nitrogens with one attached hydrogen (secondary N) is 1. The number of para-hydroxylation sites is 1. The Morgan fingerprint density at radius 1 is 1.00 bits per heavy atom. The van der Waals surface area contributed by atoms with Crippen molar-refractivity contribution >= 4 is 17.3 Å². The lowest BCUT2D eigenvalue weighted by atomic mass is 10.1. The van der Waals surface area contributed by atoms with E-state index in [0.29, 0.717) is 17.1 Å². The second kappa shape index (κ2) is 8.09. The number of rotatable bonds is 6. The highest BCUT2D eigenvalue weighted by Gasteiger charge is 2.12. The van der Waals surface area contributed by atoms with Crippen molar-refractivity contribution in [3.05, 3.63) is 94.3 Å². The van der Waals surface area contributed by atoms with Crippen molar-refractivity contribution in [2.75, 3.05) is 5.32 Å². The summed E-state index contributed by atoms with van der Waals surface area (Å²) in [6.45, 7) is 0. The van der Waals surface area contributed by atoms with Crippen LogP contribution in [0.1, 0.15) is 5.56 Å². The number of non-ortho nitro benzene ring substituents is 1. The monoisotopic (exact) mass is 366 g/mol. The number of nitro benzene ring substituents is 1. The Bertz CT molecular complexity index is 977. The Morgan fingerprint density at radius 2 is 1.78 bits per heavy atom. The zero-order valence-corrected chi connectivity index (χ0v) is 14.1. The van der Waals surface area contributed by atoms with Gasteiger partial charge in [-0.25, -0.2) is 4.39 Å². The summed E-state index contributed by atoms with van der Waals surface area (Å²) in [6.07, 6.45) is -0.120. The molecule has 3 rings (SSSR count). The molecule has 0 unspecified atom stereocenters. The molecule has 7 heteroatoms. The van der Waals surface area contributed by atoms with Crippen LogP contribution in [0.4, 0.5) is 15.8 Å². The number of amides is 1. The number of halogens is 1. The minimum absolute atomic E-state index is 0.0288. The first-order valence-corrected chi connectivity index (χ1v) is 8.07. The highest BCUT2D eigenvalue weighted by Crippen LogP contribution is 2.26. The molecule has 3 aromatic carbocycles. The van der Waals surface area contributed by atoms with E-state index >= 15 is 0 Å². The second-order valence-corrected chi connectivity index (χ2v) is 5.71. The molecule has 0 bridgehead atoms. The van der Waals surface area contributed by atoms with Crippen molar-refractivity contribution in [3.63, 3.8) is 0 Å². The zero-order chi connectivity index (χ0) is 19.2. The van der Waals surface area contributed by atoms with Crippen molar-refractivity contribution in [1.82, 2.24) is 0 Å². The first kappa shape index (κ1) is 18.1. The van der Waals surface area contributed by atoms with Crippen molar-refractivity contribution < 1.29 is 18.8 Å². The number of carbonyl (C=O) groups excluding carboxylic acids is 1. The first-order valence-electron chi connectivity index (χ1n) is 8.07. The molecule has 0 aromatic heterocycles. The number of hydrogen-bond donors (Lipinski definition) is 1. The van der Waals surface area contributed by atoms with Gasteiger partial charge in [0.2, 0.25) is 5.91 Å². The highest BCUT2D eigenvalue weighted by molar-refractivity contribution is 5.92. The van der Waals surface area contributed by atoms with Crippen molar-refractivity contribution in [2.24, 2.45) is 0 Å². The van der Waals surface area contributed by atoms with Gasteiger partial charge in [-0.1, -0.05) is 30.3 Å². The van der Waals surface area contributed by atoms with E-state index in [4.69, 9.17) is 4.74 Å². The topological polar surface area (TPSA) is 81.5 Å². The van der Waals surface area contributed by atoms with Gasteiger partial charge in [-0.15, -0.1) is 0 Å². The third kappa shape index (κ3) is 4.88. The van der Waals surface area contributed by atoms with Gasteiger partial charge in [0.05, 0.1) is 17.0 Å². The summed E-state index contributed by atoms with van der Waals surface area (Å²) < 4.78 is 19.6. The maximum atomic E-state index is 14.0. The number of nitrogens with zero attached hydrogens (tertiary/aromatic N) is 1. The number of nitro groups is 1. The van der Waals surface area contributed by atoms with Crippen LogP contribution in [0.3, 0.4) is 0 Å². The molecule has 0 aliphatic carbocycles. The molecule has 6 nitrogen and oxygen atoms in total. The van der Waals surface area contributed by atoms with Crippen LogP contribution >= 0.6 is 0 Å². The minimum atomic E-state index is -0.609. The first-order chi connectivity index (χ1) is 13.0. The van der Waals surface area contributed by atoms with E-state index in [1.165, 1.54) is 36.4 Å². The average Bonchev–Trinajstić information content (AvgIpc) is 2.65.